The van der Waals surface area contributed by atoms with Crippen molar-refractivity contribution in [3.05, 3.63) is 60.7 Å². The van der Waals surface area contributed by atoms with Crippen molar-refractivity contribution in [1.82, 2.24) is 24.6 Å². The molecule has 4 aromatic rings. The maximum Gasteiger partial charge on any atom is 0.233 e. The fourth-order valence-corrected chi connectivity index (χ4v) is 5.26. The first-order chi connectivity index (χ1) is 16.2. The number of aromatic nitrogens is 4. The molecule has 2 aromatic heterocycles. The van der Waals surface area contributed by atoms with Gasteiger partial charge >= 0.3 is 0 Å². The maximum atomic E-state index is 12.7. The topological polar surface area (TPSA) is 63.9 Å². The van der Waals surface area contributed by atoms with Crippen LogP contribution in [0.25, 0.3) is 33.5 Å². The van der Waals surface area contributed by atoms with Gasteiger partial charge in [0, 0.05) is 36.1 Å². The van der Waals surface area contributed by atoms with E-state index in [0.717, 1.165) is 71.2 Å². The van der Waals surface area contributed by atoms with Crippen molar-refractivity contribution >= 4 is 28.6 Å². The molecule has 0 saturated carbocycles. The highest BCUT2D eigenvalue weighted by molar-refractivity contribution is 7.99. The Bertz CT molecular complexity index is 1260. The molecule has 6 nitrogen and oxygen atoms in total. The van der Waals surface area contributed by atoms with E-state index in [4.69, 9.17) is 4.98 Å². The summed E-state index contributed by atoms with van der Waals surface area (Å²) in [6, 6.07) is 20.4. The van der Waals surface area contributed by atoms with Gasteiger partial charge in [-0.1, -0.05) is 60.3 Å². The van der Waals surface area contributed by atoms with Crippen LogP contribution in [0.5, 0.6) is 0 Å². The zero-order valence-electron chi connectivity index (χ0n) is 18.8. The van der Waals surface area contributed by atoms with E-state index < -0.39 is 0 Å². The molecule has 168 valence electrons. The molecule has 33 heavy (non-hydrogen) atoms. The molecule has 3 heterocycles. The molecule has 0 bridgehead atoms. The molecule has 1 saturated heterocycles. The van der Waals surface area contributed by atoms with E-state index in [2.05, 4.69) is 46.0 Å². The van der Waals surface area contributed by atoms with Crippen LogP contribution >= 0.6 is 11.8 Å². The van der Waals surface area contributed by atoms with Gasteiger partial charge < -0.3 is 9.47 Å². The van der Waals surface area contributed by atoms with Crippen LogP contribution in [0, 0.1) is 0 Å². The Labute approximate surface area is 198 Å². The first-order valence-electron chi connectivity index (χ1n) is 11.5. The summed E-state index contributed by atoms with van der Waals surface area (Å²) in [5, 5.41) is 10.9. The first kappa shape index (κ1) is 21.6. The highest BCUT2D eigenvalue weighted by Crippen LogP contribution is 2.33. The van der Waals surface area contributed by atoms with Crippen LogP contribution in [0.4, 0.5) is 0 Å². The molecule has 1 amide bonds. The van der Waals surface area contributed by atoms with Crippen molar-refractivity contribution in [2.75, 3.05) is 18.8 Å². The molecule has 2 aromatic carbocycles. The second-order valence-electron chi connectivity index (χ2n) is 8.22. The standard InChI is InChI=1S/C26H27N5OS/c1-2-31-25(28-29-26(31)33-18-24(32)30-15-9-4-10-16-30)21-17-23(19-11-5-3-6-12-19)27-22-14-8-7-13-20(21)22/h3,5-8,11-14,17H,2,4,9-10,15-16,18H2,1H3. The maximum absolute atomic E-state index is 12.7. The van der Waals surface area contributed by atoms with Gasteiger partial charge in [-0.2, -0.15) is 0 Å². The number of hydrogen-bond acceptors (Lipinski definition) is 5. The first-order valence-corrected chi connectivity index (χ1v) is 12.5. The fraction of sp³-hybridized carbons (Fsp3) is 0.308. The number of thioether (sulfide) groups is 1. The van der Waals surface area contributed by atoms with Crippen molar-refractivity contribution in [2.24, 2.45) is 0 Å². The van der Waals surface area contributed by atoms with Gasteiger partial charge in [-0.3, -0.25) is 4.79 Å². The quantitative estimate of drug-likeness (QED) is 0.368. The van der Waals surface area contributed by atoms with Gasteiger partial charge in [-0.15, -0.1) is 10.2 Å². The Morgan fingerprint density at radius 3 is 2.52 bits per heavy atom. The molecule has 1 aliphatic heterocycles. The van der Waals surface area contributed by atoms with Gasteiger partial charge in [0.2, 0.25) is 5.91 Å². The van der Waals surface area contributed by atoms with E-state index in [9.17, 15) is 4.79 Å². The molecule has 0 radical (unpaired) electrons. The van der Waals surface area contributed by atoms with E-state index in [0.29, 0.717) is 5.75 Å². The molecular weight excluding hydrogens is 430 g/mol. The van der Waals surface area contributed by atoms with Crippen LogP contribution in [0.2, 0.25) is 0 Å². The predicted molar refractivity (Wildman–Crippen MR) is 133 cm³/mol. The number of carbonyl (C=O) groups excluding carboxylic acids is 1. The van der Waals surface area contributed by atoms with Gasteiger partial charge in [-0.25, -0.2) is 4.98 Å². The number of likely N-dealkylation sites (tertiary alicyclic amines) is 1. The lowest BCUT2D eigenvalue weighted by Gasteiger charge is -2.26. The van der Waals surface area contributed by atoms with E-state index >= 15 is 0 Å². The zero-order valence-corrected chi connectivity index (χ0v) is 19.6. The largest absolute Gasteiger partial charge is 0.342 e. The second-order valence-corrected chi connectivity index (χ2v) is 9.16. The van der Waals surface area contributed by atoms with Crippen LogP contribution < -0.4 is 0 Å². The number of carbonyl (C=O) groups is 1. The van der Waals surface area contributed by atoms with Crippen LogP contribution in [0.3, 0.4) is 0 Å². The van der Waals surface area contributed by atoms with Crippen molar-refractivity contribution in [1.29, 1.82) is 0 Å². The van der Waals surface area contributed by atoms with Crippen LogP contribution in [-0.4, -0.2) is 49.4 Å². The number of benzene rings is 2. The van der Waals surface area contributed by atoms with Gasteiger partial charge in [0.05, 0.1) is 17.0 Å². The molecule has 0 spiro atoms. The SMILES string of the molecule is CCn1c(SCC(=O)N2CCCCC2)nnc1-c1cc(-c2ccccc2)nc2ccccc12. The Hall–Kier alpha value is -3.19. The van der Waals surface area contributed by atoms with E-state index in [1.54, 1.807) is 0 Å². The molecule has 1 aliphatic rings. The normalized spacial score (nSPS) is 14.0. The lowest BCUT2D eigenvalue weighted by Crippen LogP contribution is -2.36. The van der Waals surface area contributed by atoms with E-state index in [1.165, 1.54) is 18.2 Å². The lowest BCUT2D eigenvalue weighted by atomic mass is 10.0. The van der Waals surface area contributed by atoms with E-state index in [1.807, 2.05) is 41.3 Å². The average molecular weight is 458 g/mol. The second kappa shape index (κ2) is 9.75. The molecule has 0 N–H and O–H groups in total. The van der Waals surface area contributed by atoms with Gasteiger partial charge in [0.15, 0.2) is 11.0 Å². The molecule has 0 atom stereocenters. The molecule has 5 rings (SSSR count). The lowest BCUT2D eigenvalue weighted by molar-refractivity contribution is -0.129. The fourth-order valence-electron chi connectivity index (χ4n) is 4.36. The average Bonchev–Trinajstić information content (AvgIpc) is 3.30. The van der Waals surface area contributed by atoms with Gasteiger partial charge in [0.25, 0.3) is 0 Å². The number of nitrogens with zero attached hydrogens (tertiary/aromatic N) is 5. The summed E-state index contributed by atoms with van der Waals surface area (Å²) in [4.78, 5) is 19.5. The zero-order chi connectivity index (χ0) is 22.6. The monoisotopic (exact) mass is 457 g/mol. The predicted octanol–water partition coefficient (Wildman–Crippen LogP) is 5.28. The van der Waals surface area contributed by atoms with Crippen molar-refractivity contribution in [3.8, 4) is 22.6 Å². The third-order valence-electron chi connectivity index (χ3n) is 6.09. The van der Waals surface area contributed by atoms with Crippen LogP contribution in [0.1, 0.15) is 26.2 Å². The number of amides is 1. The van der Waals surface area contributed by atoms with E-state index in [-0.39, 0.29) is 5.91 Å². The number of fused-ring (bicyclic) bond motifs is 1. The summed E-state index contributed by atoms with van der Waals surface area (Å²) < 4.78 is 2.10. The van der Waals surface area contributed by atoms with Gasteiger partial charge in [-0.05, 0) is 38.3 Å². The molecule has 0 aliphatic carbocycles. The summed E-state index contributed by atoms with van der Waals surface area (Å²) in [6.07, 6.45) is 3.42. The summed E-state index contributed by atoms with van der Waals surface area (Å²) in [6.45, 7) is 4.55. The van der Waals surface area contributed by atoms with Crippen molar-refractivity contribution < 1.29 is 4.79 Å². The summed E-state index contributed by atoms with van der Waals surface area (Å²) in [5.74, 6) is 1.39. The molecular formula is C26H27N5OS. The number of para-hydroxylation sites is 1. The Morgan fingerprint density at radius 2 is 1.73 bits per heavy atom. The number of piperidine rings is 1. The van der Waals surface area contributed by atoms with Gasteiger partial charge in [0.1, 0.15) is 0 Å². The number of rotatable bonds is 6. The molecule has 1 fully saturated rings. The summed E-state index contributed by atoms with van der Waals surface area (Å²) in [7, 11) is 0. The molecule has 7 heteroatoms. The van der Waals surface area contributed by atoms with Crippen molar-refractivity contribution in [2.45, 2.75) is 37.9 Å². The summed E-state index contributed by atoms with van der Waals surface area (Å²) in [5.41, 5.74) is 3.90. The highest BCUT2D eigenvalue weighted by Gasteiger charge is 2.21. The minimum Gasteiger partial charge on any atom is -0.342 e. The third kappa shape index (κ3) is 4.50. The van der Waals surface area contributed by atoms with Crippen LogP contribution in [-0.2, 0) is 11.3 Å². The van der Waals surface area contributed by atoms with Crippen LogP contribution in [0.15, 0.2) is 65.8 Å². The van der Waals surface area contributed by atoms with Crippen molar-refractivity contribution in [3.63, 3.8) is 0 Å². The smallest absolute Gasteiger partial charge is 0.233 e. The number of pyridine rings is 1. The third-order valence-corrected chi connectivity index (χ3v) is 7.04. The summed E-state index contributed by atoms with van der Waals surface area (Å²) >= 11 is 1.48. The Balaban J connectivity index is 1.49. The Kier molecular flexibility index (Phi) is 6.39. The molecule has 0 unspecified atom stereocenters. The number of hydrogen-bond donors (Lipinski definition) is 0. The minimum atomic E-state index is 0.188. The highest BCUT2D eigenvalue weighted by atomic mass is 32.2. The Morgan fingerprint density at radius 1 is 0.970 bits per heavy atom. The minimum absolute atomic E-state index is 0.188.